The van der Waals surface area contributed by atoms with Crippen LogP contribution in [0.5, 0.6) is 0 Å². The van der Waals surface area contributed by atoms with E-state index in [1.165, 1.54) is 6.07 Å². The Morgan fingerprint density at radius 1 is 0.929 bits per heavy atom. The van der Waals surface area contributed by atoms with E-state index in [0.717, 1.165) is 11.3 Å². The van der Waals surface area contributed by atoms with Crippen LogP contribution >= 0.6 is 0 Å². The Labute approximate surface area is 161 Å². The molecule has 7 heteroatoms. The van der Waals surface area contributed by atoms with Gasteiger partial charge in [-0.1, -0.05) is 53.7 Å². The molecule has 28 heavy (non-hydrogen) atoms. The predicted octanol–water partition coefficient (Wildman–Crippen LogP) is 4.93. The standard InChI is InChI=1S/C21H18FN5O/c1-14-11-20(27-28-14)25-19-12-18(15-7-3-2-4-8-15)24-21(26-19)23-13-16-9-5-6-10-17(16)22/h2-12H,13H2,1H3,(H2,23,24,25,26,27). The molecule has 0 bridgehead atoms. The maximum atomic E-state index is 13.9. The van der Waals surface area contributed by atoms with Crippen LogP contribution < -0.4 is 10.6 Å². The van der Waals surface area contributed by atoms with Crippen molar-refractivity contribution in [3.8, 4) is 11.3 Å². The summed E-state index contributed by atoms with van der Waals surface area (Å²) in [5, 5.41) is 10.1. The summed E-state index contributed by atoms with van der Waals surface area (Å²) in [5.74, 6) is 1.91. The van der Waals surface area contributed by atoms with E-state index in [1.807, 2.05) is 43.3 Å². The van der Waals surface area contributed by atoms with Crippen molar-refractivity contribution in [2.24, 2.45) is 0 Å². The molecule has 4 aromatic rings. The molecule has 2 aromatic carbocycles. The van der Waals surface area contributed by atoms with E-state index in [-0.39, 0.29) is 12.4 Å². The van der Waals surface area contributed by atoms with Crippen molar-refractivity contribution in [1.29, 1.82) is 0 Å². The zero-order chi connectivity index (χ0) is 19.3. The van der Waals surface area contributed by atoms with E-state index in [1.54, 1.807) is 24.3 Å². The quantitative estimate of drug-likeness (QED) is 0.497. The molecule has 0 radical (unpaired) electrons. The van der Waals surface area contributed by atoms with Gasteiger partial charge in [0.2, 0.25) is 5.95 Å². The maximum Gasteiger partial charge on any atom is 0.225 e. The highest BCUT2D eigenvalue weighted by molar-refractivity contribution is 5.66. The Balaban J connectivity index is 1.64. The van der Waals surface area contributed by atoms with Gasteiger partial charge in [0.15, 0.2) is 5.82 Å². The number of hydrogen-bond acceptors (Lipinski definition) is 6. The fourth-order valence-electron chi connectivity index (χ4n) is 2.72. The van der Waals surface area contributed by atoms with Crippen LogP contribution in [0, 0.1) is 12.7 Å². The number of aromatic nitrogens is 3. The summed E-state index contributed by atoms with van der Waals surface area (Å²) < 4.78 is 19.0. The first-order valence-corrected chi connectivity index (χ1v) is 8.79. The summed E-state index contributed by atoms with van der Waals surface area (Å²) in [6, 6.07) is 20.0. The van der Waals surface area contributed by atoms with Crippen molar-refractivity contribution >= 4 is 17.6 Å². The molecule has 0 saturated carbocycles. The van der Waals surface area contributed by atoms with E-state index in [2.05, 4.69) is 25.8 Å². The number of aryl methyl sites for hydroxylation is 1. The summed E-state index contributed by atoms with van der Waals surface area (Å²) in [4.78, 5) is 9.04. The minimum Gasteiger partial charge on any atom is -0.360 e. The SMILES string of the molecule is Cc1cc(Nc2cc(-c3ccccc3)nc(NCc3ccccc3F)n2)no1. The summed E-state index contributed by atoms with van der Waals surface area (Å²) in [7, 11) is 0. The lowest BCUT2D eigenvalue weighted by Gasteiger charge is -2.11. The van der Waals surface area contributed by atoms with Crippen LogP contribution in [0.15, 0.2) is 71.3 Å². The lowest BCUT2D eigenvalue weighted by molar-refractivity contribution is 0.400. The van der Waals surface area contributed by atoms with Crippen molar-refractivity contribution in [3.05, 3.63) is 83.9 Å². The van der Waals surface area contributed by atoms with E-state index in [0.29, 0.717) is 28.9 Å². The zero-order valence-corrected chi connectivity index (χ0v) is 15.2. The monoisotopic (exact) mass is 375 g/mol. The molecule has 6 nitrogen and oxygen atoms in total. The molecule has 2 N–H and O–H groups in total. The summed E-state index contributed by atoms with van der Waals surface area (Å²) >= 11 is 0. The van der Waals surface area contributed by atoms with Crippen LogP contribution in [-0.4, -0.2) is 15.1 Å². The molecule has 0 saturated heterocycles. The van der Waals surface area contributed by atoms with Gasteiger partial charge in [-0.15, -0.1) is 0 Å². The number of benzene rings is 2. The van der Waals surface area contributed by atoms with Gasteiger partial charge >= 0.3 is 0 Å². The Bertz CT molecular complexity index is 1080. The van der Waals surface area contributed by atoms with Crippen molar-refractivity contribution in [3.63, 3.8) is 0 Å². The van der Waals surface area contributed by atoms with Gasteiger partial charge in [0.1, 0.15) is 17.4 Å². The smallest absolute Gasteiger partial charge is 0.225 e. The third kappa shape index (κ3) is 4.15. The molecule has 140 valence electrons. The summed E-state index contributed by atoms with van der Waals surface area (Å²) in [5.41, 5.74) is 2.21. The number of nitrogens with one attached hydrogen (secondary N) is 2. The molecular weight excluding hydrogens is 357 g/mol. The normalized spacial score (nSPS) is 10.6. The van der Waals surface area contributed by atoms with Crippen molar-refractivity contribution in [2.45, 2.75) is 13.5 Å². The van der Waals surface area contributed by atoms with E-state index in [4.69, 9.17) is 4.52 Å². The summed E-state index contributed by atoms with van der Waals surface area (Å²) in [6.45, 7) is 2.09. The van der Waals surface area contributed by atoms with Crippen LogP contribution in [0.2, 0.25) is 0 Å². The van der Waals surface area contributed by atoms with E-state index in [9.17, 15) is 4.39 Å². The lowest BCUT2D eigenvalue weighted by atomic mass is 10.1. The second-order valence-corrected chi connectivity index (χ2v) is 6.22. The van der Waals surface area contributed by atoms with Gasteiger partial charge in [-0.25, -0.2) is 9.37 Å². The minimum absolute atomic E-state index is 0.271. The predicted molar refractivity (Wildman–Crippen MR) is 106 cm³/mol. The highest BCUT2D eigenvalue weighted by Crippen LogP contribution is 2.24. The Morgan fingerprint density at radius 2 is 1.71 bits per heavy atom. The molecular formula is C21H18FN5O. The average Bonchev–Trinajstić information content (AvgIpc) is 3.12. The van der Waals surface area contributed by atoms with Gasteiger partial charge < -0.3 is 15.2 Å². The van der Waals surface area contributed by atoms with Gasteiger partial charge in [-0.2, -0.15) is 4.98 Å². The third-order valence-corrected chi connectivity index (χ3v) is 4.07. The first kappa shape index (κ1) is 17.7. The molecule has 0 aliphatic heterocycles. The summed E-state index contributed by atoms with van der Waals surface area (Å²) in [6.07, 6.45) is 0. The number of halogens is 1. The number of hydrogen-bond donors (Lipinski definition) is 2. The number of anilines is 3. The topological polar surface area (TPSA) is 75.9 Å². The molecule has 0 fully saturated rings. The molecule has 0 unspecified atom stereocenters. The highest BCUT2D eigenvalue weighted by atomic mass is 19.1. The molecule has 4 rings (SSSR count). The van der Waals surface area contributed by atoms with Crippen molar-refractivity contribution < 1.29 is 8.91 Å². The molecule has 0 spiro atoms. The molecule has 0 amide bonds. The maximum absolute atomic E-state index is 13.9. The van der Waals surface area contributed by atoms with Crippen molar-refractivity contribution in [2.75, 3.05) is 10.6 Å². The van der Waals surface area contributed by atoms with Gasteiger partial charge in [0.05, 0.1) is 5.69 Å². The minimum atomic E-state index is -0.273. The molecule has 0 aliphatic rings. The van der Waals surface area contributed by atoms with Crippen LogP contribution in [0.1, 0.15) is 11.3 Å². The first-order chi connectivity index (χ1) is 13.7. The molecule has 2 heterocycles. The fraction of sp³-hybridized carbons (Fsp3) is 0.0952. The zero-order valence-electron chi connectivity index (χ0n) is 15.2. The largest absolute Gasteiger partial charge is 0.360 e. The van der Waals surface area contributed by atoms with E-state index >= 15 is 0 Å². The Hall–Kier alpha value is -3.74. The Kier molecular flexibility index (Phi) is 4.97. The van der Waals surface area contributed by atoms with Crippen molar-refractivity contribution in [1.82, 2.24) is 15.1 Å². The lowest BCUT2D eigenvalue weighted by Crippen LogP contribution is -2.07. The third-order valence-electron chi connectivity index (χ3n) is 4.07. The van der Waals surface area contributed by atoms with E-state index < -0.39 is 0 Å². The van der Waals surface area contributed by atoms with Gasteiger partial charge in [-0.05, 0) is 13.0 Å². The van der Waals surface area contributed by atoms with Crippen LogP contribution in [0.4, 0.5) is 22.0 Å². The fourth-order valence-corrected chi connectivity index (χ4v) is 2.72. The first-order valence-electron chi connectivity index (χ1n) is 8.79. The van der Waals surface area contributed by atoms with Crippen LogP contribution in [0.25, 0.3) is 11.3 Å². The van der Waals surface area contributed by atoms with Gasteiger partial charge in [-0.3, -0.25) is 0 Å². The Morgan fingerprint density at radius 3 is 2.46 bits per heavy atom. The van der Waals surface area contributed by atoms with Gasteiger partial charge in [0, 0.05) is 29.8 Å². The number of nitrogens with zero attached hydrogens (tertiary/aromatic N) is 3. The molecule has 0 atom stereocenters. The average molecular weight is 375 g/mol. The highest BCUT2D eigenvalue weighted by Gasteiger charge is 2.10. The second kappa shape index (κ2) is 7.87. The van der Waals surface area contributed by atoms with Gasteiger partial charge in [0.25, 0.3) is 0 Å². The molecule has 0 aliphatic carbocycles. The molecule has 2 aromatic heterocycles. The van der Waals surface area contributed by atoms with Crippen LogP contribution in [-0.2, 0) is 6.54 Å². The second-order valence-electron chi connectivity index (χ2n) is 6.22. The van der Waals surface area contributed by atoms with Crippen LogP contribution in [0.3, 0.4) is 0 Å². The number of rotatable bonds is 6.